The number of nitrogens with one attached hydrogen (secondary N) is 1. The van der Waals surface area contributed by atoms with Crippen LogP contribution in [0.5, 0.6) is 0 Å². The predicted octanol–water partition coefficient (Wildman–Crippen LogP) is 1.42. The van der Waals surface area contributed by atoms with E-state index in [1.54, 1.807) is 0 Å². The number of aromatic nitrogens is 2. The van der Waals surface area contributed by atoms with Crippen LogP contribution in [0.25, 0.3) is 0 Å². The first-order valence-corrected chi connectivity index (χ1v) is 3.89. The van der Waals surface area contributed by atoms with Gasteiger partial charge in [0.15, 0.2) is 0 Å². The summed E-state index contributed by atoms with van der Waals surface area (Å²) >= 11 is 0. The van der Waals surface area contributed by atoms with Crippen LogP contribution < -0.4 is 5.56 Å². The molecule has 66 valence electrons. The number of halogens is 1. The lowest BCUT2D eigenvalue weighted by atomic mass is 10.0. The molecule has 0 spiro atoms. The van der Waals surface area contributed by atoms with Gasteiger partial charge in [-0.15, -0.1) is 0 Å². The monoisotopic (exact) mass is 170 g/mol. The third-order valence-corrected chi connectivity index (χ3v) is 1.90. The lowest BCUT2D eigenvalue weighted by molar-refractivity contribution is 0.549. The molecule has 1 rings (SSSR count). The normalized spacial score (nSPS) is 12.9. The molecule has 0 bridgehead atoms. The molecule has 12 heavy (non-hydrogen) atoms. The lowest BCUT2D eigenvalue weighted by Crippen LogP contribution is -2.16. The van der Waals surface area contributed by atoms with E-state index in [0.717, 1.165) is 6.42 Å². The second-order valence-corrected chi connectivity index (χ2v) is 2.74. The van der Waals surface area contributed by atoms with E-state index in [2.05, 4.69) is 9.97 Å². The molecule has 1 aromatic heterocycles. The molecule has 0 aromatic carbocycles. The summed E-state index contributed by atoms with van der Waals surface area (Å²) in [4.78, 5) is 16.7. The van der Waals surface area contributed by atoms with Crippen molar-refractivity contribution >= 4 is 0 Å². The minimum atomic E-state index is -0.758. The molecule has 0 saturated heterocycles. The molecule has 4 heteroatoms. The average molecular weight is 170 g/mol. The van der Waals surface area contributed by atoms with Gasteiger partial charge >= 0.3 is 0 Å². The third-order valence-electron chi connectivity index (χ3n) is 1.90. The summed E-state index contributed by atoms with van der Waals surface area (Å²) in [5, 5.41) is 0. The van der Waals surface area contributed by atoms with Crippen molar-refractivity contribution in [1.82, 2.24) is 9.97 Å². The molecule has 0 amide bonds. The van der Waals surface area contributed by atoms with Crippen LogP contribution in [0.15, 0.2) is 11.1 Å². The van der Waals surface area contributed by atoms with Crippen LogP contribution in [0, 0.1) is 5.82 Å². The van der Waals surface area contributed by atoms with Crippen molar-refractivity contribution in [1.29, 1.82) is 0 Å². The van der Waals surface area contributed by atoms with Gasteiger partial charge in [0, 0.05) is 5.92 Å². The highest BCUT2D eigenvalue weighted by Gasteiger charge is 2.12. The van der Waals surface area contributed by atoms with Crippen molar-refractivity contribution in [2.24, 2.45) is 0 Å². The van der Waals surface area contributed by atoms with E-state index >= 15 is 0 Å². The molecule has 0 fully saturated rings. The van der Waals surface area contributed by atoms with Crippen molar-refractivity contribution in [3.8, 4) is 0 Å². The Morgan fingerprint density at radius 1 is 1.75 bits per heavy atom. The van der Waals surface area contributed by atoms with Crippen molar-refractivity contribution < 1.29 is 4.39 Å². The fourth-order valence-electron chi connectivity index (χ4n) is 0.934. The molecule has 0 saturated carbocycles. The van der Waals surface area contributed by atoms with E-state index in [1.807, 2.05) is 13.8 Å². The maximum atomic E-state index is 13.0. The van der Waals surface area contributed by atoms with Gasteiger partial charge in [0.2, 0.25) is 5.82 Å². The van der Waals surface area contributed by atoms with Crippen LogP contribution in [0.4, 0.5) is 4.39 Å². The summed E-state index contributed by atoms with van der Waals surface area (Å²) in [6.07, 6.45) is 2.00. The number of aromatic amines is 1. The molecule has 1 unspecified atom stereocenters. The van der Waals surface area contributed by atoms with Crippen LogP contribution in [0.2, 0.25) is 0 Å². The van der Waals surface area contributed by atoms with Crippen molar-refractivity contribution in [2.75, 3.05) is 0 Å². The smallest absolute Gasteiger partial charge is 0.287 e. The first-order chi connectivity index (χ1) is 5.66. The van der Waals surface area contributed by atoms with Gasteiger partial charge in [0.25, 0.3) is 5.56 Å². The predicted molar refractivity (Wildman–Crippen MR) is 43.5 cm³/mol. The number of hydrogen-bond acceptors (Lipinski definition) is 2. The van der Waals surface area contributed by atoms with Gasteiger partial charge in [-0.05, 0) is 6.42 Å². The average Bonchev–Trinajstić information content (AvgIpc) is 2.08. The van der Waals surface area contributed by atoms with E-state index in [0.29, 0.717) is 0 Å². The number of H-pyrrole nitrogens is 1. The molecule has 0 aliphatic carbocycles. The highest BCUT2D eigenvalue weighted by molar-refractivity contribution is 5.07. The molecule has 1 atom stereocenters. The van der Waals surface area contributed by atoms with E-state index < -0.39 is 11.4 Å². The fourth-order valence-corrected chi connectivity index (χ4v) is 0.934. The van der Waals surface area contributed by atoms with Gasteiger partial charge in [0.1, 0.15) is 0 Å². The molecule has 0 aliphatic heterocycles. The van der Waals surface area contributed by atoms with Crippen molar-refractivity contribution in [2.45, 2.75) is 26.2 Å². The standard InChI is InChI=1S/C8H11FN2O/c1-3-5(2)7-6(9)8(12)11-4-10-7/h4-5H,3H2,1-2H3,(H,10,11,12). The lowest BCUT2D eigenvalue weighted by Gasteiger charge is -2.06. The van der Waals surface area contributed by atoms with Gasteiger partial charge in [0.05, 0.1) is 12.0 Å². The maximum absolute atomic E-state index is 13.0. The van der Waals surface area contributed by atoms with Crippen LogP contribution in [-0.2, 0) is 0 Å². The Labute approximate surface area is 69.7 Å². The zero-order valence-corrected chi connectivity index (χ0v) is 7.10. The Balaban J connectivity index is 3.16. The quantitative estimate of drug-likeness (QED) is 0.729. The maximum Gasteiger partial charge on any atom is 0.287 e. The molecule has 0 aliphatic rings. The third kappa shape index (κ3) is 1.52. The summed E-state index contributed by atoms with van der Waals surface area (Å²) in [6, 6.07) is 0. The van der Waals surface area contributed by atoms with Gasteiger partial charge in [-0.3, -0.25) is 4.79 Å². The summed E-state index contributed by atoms with van der Waals surface area (Å²) in [7, 11) is 0. The minimum absolute atomic E-state index is 0.00713. The Bertz CT molecular complexity index is 321. The summed E-state index contributed by atoms with van der Waals surface area (Å²) in [5.74, 6) is -0.765. The summed E-state index contributed by atoms with van der Waals surface area (Å²) in [6.45, 7) is 3.76. The zero-order chi connectivity index (χ0) is 9.14. The van der Waals surface area contributed by atoms with Gasteiger partial charge in [-0.2, -0.15) is 4.39 Å². The van der Waals surface area contributed by atoms with Crippen LogP contribution in [-0.4, -0.2) is 9.97 Å². The van der Waals surface area contributed by atoms with E-state index in [1.165, 1.54) is 6.33 Å². The Morgan fingerprint density at radius 3 is 3.00 bits per heavy atom. The largest absolute Gasteiger partial charge is 0.311 e. The van der Waals surface area contributed by atoms with Crippen molar-refractivity contribution in [3.63, 3.8) is 0 Å². The fraction of sp³-hybridized carbons (Fsp3) is 0.500. The molecule has 3 nitrogen and oxygen atoms in total. The Hall–Kier alpha value is -1.19. The number of hydrogen-bond donors (Lipinski definition) is 1. The molecule has 0 radical (unpaired) electrons. The van der Waals surface area contributed by atoms with Gasteiger partial charge in [-0.25, -0.2) is 4.98 Å². The van der Waals surface area contributed by atoms with Crippen LogP contribution in [0.1, 0.15) is 31.9 Å². The molecule has 1 aromatic rings. The Morgan fingerprint density at radius 2 is 2.42 bits per heavy atom. The highest BCUT2D eigenvalue weighted by Crippen LogP contribution is 2.15. The van der Waals surface area contributed by atoms with Gasteiger partial charge < -0.3 is 4.98 Å². The first-order valence-electron chi connectivity index (χ1n) is 3.89. The molecular weight excluding hydrogens is 159 g/mol. The van der Waals surface area contributed by atoms with Gasteiger partial charge in [-0.1, -0.05) is 13.8 Å². The Kier molecular flexibility index (Phi) is 2.58. The summed E-state index contributed by atoms with van der Waals surface area (Å²) in [5.41, 5.74) is -0.443. The number of rotatable bonds is 2. The SMILES string of the molecule is CCC(C)c1nc[nH]c(=O)c1F. The minimum Gasteiger partial charge on any atom is -0.311 e. The highest BCUT2D eigenvalue weighted by atomic mass is 19.1. The molecule has 1 N–H and O–H groups in total. The number of nitrogens with zero attached hydrogens (tertiary/aromatic N) is 1. The van der Waals surface area contributed by atoms with Crippen LogP contribution in [0.3, 0.4) is 0 Å². The summed E-state index contributed by atoms with van der Waals surface area (Å²) < 4.78 is 13.0. The molecular formula is C8H11FN2O. The molecule has 1 heterocycles. The van der Waals surface area contributed by atoms with E-state index in [4.69, 9.17) is 0 Å². The van der Waals surface area contributed by atoms with Crippen LogP contribution >= 0.6 is 0 Å². The zero-order valence-electron chi connectivity index (χ0n) is 7.10. The second-order valence-electron chi connectivity index (χ2n) is 2.74. The second kappa shape index (κ2) is 3.47. The van der Waals surface area contributed by atoms with Crippen molar-refractivity contribution in [3.05, 3.63) is 28.2 Å². The first kappa shape index (κ1) is 8.90. The van der Waals surface area contributed by atoms with E-state index in [-0.39, 0.29) is 11.6 Å². The van der Waals surface area contributed by atoms with E-state index in [9.17, 15) is 9.18 Å². The topological polar surface area (TPSA) is 45.8 Å².